The van der Waals surface area contributed by atoms with Crippen molar-refractivity contribution in [3.8, 4) is 0 Å². The summed E-state index contributed by atoms with van der Waals surface area (Å²) in [5, 5.41) is 9.74. The molecule has 1 aromatic carbocycles. The molecule has 8 heteroatoms. The van der Waals surface area contributed by atoms with Gasteiger partial charge in [0, 0.05) is 22.4 Å². The van der Waals surface area contributed by atoms with Crippen LogP contribution in [0.2, 0.25) is 5.02 Å². The van der Waals surface area contributed by atoms with Crippen molar-refractivity contribution in [2.75, 3.05) is 13.2 Å². The monoisotopic (exact) mass is 430 g/mol. The number of hydrogen-bond donors (Lipinski definition) is 1. The summed E-state index contributed by atoms with van der Waals surface area (Å²) in [6.07, 6.45) is 2.08. The number of aliphatic hydroxyl groups is 1. The second-order valence-electron chi connectivity index (χ2n) is 6.87. The quantitative estimate of drug-likeness (QED) is 0.691. The molecule has 0 amide bonds. The number of benzene rings is 1. The first-order valence-corrected chi connectivity index (χ1v) is 10.7. The minimum absolute atomic E-state index is 0.155. The fourth-order valence-electron chi connectivity index (χ4n) is 3.45. The standard InChI is InChI=1S/C20H24ClFO5S/c1-3-25-19(24)15-9-20(26-12(2)17(10-23)27-20)7-6-18(15)28-11-13-8-14(21)4-5-16(13)22/h4-5,8-9,12,17-18,23H,3,6-7,10-11H2,1-2H3/t12-,17-,18?,20?/m1/s1. The number of carbonyl (C=O) groups is 1. The lowest BCUT2D eigenvalue weighted by Gasteiger charge is -2.33. The van der Waals surface area contributed by atoms with Gasteiger partial charge in [0.05, 0.1) is 24.9 Å². The lowest BCUT2D eigenvalue weighted by atomic mass is 9.94. The van der Waals surface area contributed by atoms with E-state index >= 15 is 0 Å². The van der Waals surface area contributed by atoms with E-state index < -0.39 is 17.9 Å². The lowest BCUT2D eigenvalue weighted by Crippen LogP contribution is -2.37. The summed E-state index contributed by atoms with van der Waals surface area (Å²) in [5.41, 5.74) is 0.939. The Morgan fingerprint density at radius 1 is 1.46 bits per heavy atom. The van der Waals surface area contributed by atoms with Gasteiger partial charge in [-0.25, -0.2) is 9.18 Å². The predicted octanol–water partition coefficient (Wildman–Crippen LogP) is 3.86. The Balaban J connectivity index is 1.80. The molecule has 0 aromatic heterocycles. The molecular formula is C20H24ClFO5S. The molecule has 1 saturated heterocycles. The summed E-state index contributed by atoms with van der Waals surface area (Å²) in [6.45, 7) is 3.67. The van der Waals surface area contributed by atoms with E-state index in [-0.39, 0.29) is 30.4 Å². The summed E-state index contributed by atoms with van der Waals surface area (Å²) >= 11 is 7.42. The molecular weight excluding hydrogens is 407 g/mol. The molecule has 2 aliphatic rings. The maximum atomic E-state index is 14.0. The van der Waals surface area contributed by atoms with Gasteiger partial charge >= 0.3 is 5.97 Å². The molecule has 1 heterocycles. The molecule has 0 bridgehead atoms. The molecule has 1 aliphatic carbocycles. The van der Waals surface area contributed by atoms with Crippen molar-refractivity contribution in [1.82, 2.24) is 0 Å². The summed E-state index contributed by atoms with van der Waals surface area (Å²) in [4.78, 5) is 12.6. The number of esters is 1. The van der Waals surface area contributed by atoms with Gasteiger partial charge < -0.3 is 19.3 Å². The zero-order valence-electron chi connectivity index (χ0n) is 15.8. The Morgan fingerprint density at radius 3 is 2.93 bits per heavy atom. The largest absolute Gasteiger partial charge is 0.463 e. The van der Waals surface area contributed by atoms with Gasteiger partial charge in [0.2, 0.25) is 0 Å². The summed E-state index contributed by atoms with van der Waals surface area (Å²) in [5.74, 6) is -1.42. The molecule has 0 saturated carbocycles. The fourth-order valence-corrected chi connectivity index (χ4v) is 4.88. The molecule has 1 aromatic rings. The van der Waals surface area contributed by atoms with Crippen molar-refractivity contribution in [2.24, 2.45) is 0 Å². The van der Waals surface area contributed by atoms with Crippen LogP contribution in [0, 0.1) is 5.82 Å². The van der Waals surface area contributed by atoms with Crippen molar-refractivity contribution in [3.63, 3.8) is 0 Å². The van der Waals surface area contributed by atoms with Crippen LogP contribution in [0.5, 0.6) is 0 Å². The maximum Gasteiger partial charge on any atom is 0.335 e. The average Bonchev–Trinajstić information content (AvgIpc) is 2.98. The van der Waals surface area contributed by atoms with Crippen LogP contribution in [0.4, 0.5) is 4.39 Å². The van der Waals surface area contributed by atoms with Crippen LogP contribution in [-0.4, -0.2) is 47.5 Å². The molecule has 2 unspecified atom stereocenters. The maximum absolute atomic E-state index is 14.0. The molecule has 1 N–H and O–H groups in total. The van der Waals surface area contributed by atoms with Gasteiger partial charge in [-0.15, -0.1) is 11.8 Å². The van der Waals surface area contributed by atoms with E-state index in [0.717, 1.165) is 0 Å². The zero-order chi connectivity index (χ0) is 20.3. The predicted molar refractivity (Wildman–Crippen MR) is 106 cm³/mol. The third kappa shape index (κ3) is 4.71. The summed E-state index contributed by atoms with van der Waals surface area (Å²) < 4.78 is 31.1. The number of rotatable bonds is 6. The summed E-state index contributed by atoms with van der Waals surface area (Å²) in [6, 6.07) is 4.44. The molecule has 0 radical (unpaired) electrons. The number of ether oxygens (including phenoxy) is 3. The highest BCUT2D eigenvalue weighted by Crippen LogP contribution is 2.43. The molecule has 3 rings (SSSR count). The topological polar surface area (TPSA) is 65.0 Å². The van der Waals surface area contributed by atoms with Gasteiger partial charge in [-0.05, 0) is 50.1 Å². The minimum Gasteiger partial charge on any atom is -0.463 e. The second-order valence-corrected chi connectivity index (χ2v) is 8.50. The number of hydrogen-bond acceptors (Lipinski definition) is 6. The highest BCUT2D eigenvalue weighted by Gasteiger charge is 2.48. The smallest absolute Gasteiger partial charge is 0.335 e. The number of thioether (sulfide) groups is 1. The number of carbonyl (C=O) groups excluding carboxylic acids is 1. The minimum atomic E-state index is -1.03. The van der Waals surface area contributed by atoms with E-state index in [4.69, 9.17) is 25.8 Å². The van der Waals surface area contributed by atoms with Gasteiger partial charge in [-0.2, -0.15) is 0 Å². The van der Waals surface area contributed by atoms with E-state index in [1.807, 2.05) is 6.92 Å². The Bertz CT molecular complexity index is 758. The molecule has 5 nitrogen and oxygen atoms in total. The van der Waals surface area contributed by atoms with Crippen LogP contribution in [0.3, 0.4) is 0 Å². The van der Waals surface area contributed by atoms with Crippen molar-refractivity contribution >= 4 is 29.3 Å². The third-order valence-electron chi connectivity index (χ3n) is 4.88. The number of aliphatic hydroxyl groups excluding tert-OH is 1. The van der Waals surface area contributed by atoms with Gasteiger partial charge in [0.25, 0.3) is 0 Å². The van der Waals surface area contributed by atoms with Crippen LogP contribution in [0.15, 0.2) is 29.8 Å². The SMILES string of the molecule is CCOC(=O)C1=CC2(CCC1SCc1cc(Cl)ccc1F)O[C@H](C)[C@@H](CO)O2. The van der Waals surface area contributed by atoms with E-state index in [9.17, 15) is 14.3 Å². The van der Waals surface area contributed by atoms with Crippen LogP contribution in [0.25, 0.3) is 0 Å². The molecule has 154 valence electrons. The Hall–Kier alpha value is -1.12. The van der Waals surface area contributed by atoms with Crippen molar-refractivity contribution in [3.05, 3.63) is 46.3 Å². The van der Waals surface area contributed by atoms with Gasteiger partial charge in [-0.1, -0.05) is 11.6 Å². The van der Waals surface area contributed by atoms with Gasteiger partial charge in [0.1, 0.15) is 11.9 Å². The Morgan fingerprint density at radius 2 is 2.25 bits per heavy atom. The molecule has 1 fully saturated rings. The zero-order valence-corrected chi connectivity index (χ0v) is 17.4. The highest BCUT2D eigenvalue weighted by molar-refractivity contribution is 7.99. The first kappa shape index (κ1) is 21.6. The van der Waals surface area contributed by atoms with Crippen molar-refractivity contribution in [1.29, 1.82) is 0 Å². The molecule has 1 spiro atoms. The van der Waals surface area contributed by atoms with Crippen LogP contribution < -0.4 is 0 Å². The summed E-state index contributed by atoms with van der Waals surface area (Å²) in [7, 11) is 0. The van der Waals surface area contributed by atoms with E-state index in [0.29, 0.717) is 34.8 Å². The molecule has 28 heavy (non-hydrogen) atoms. The molecule has 4 atom stereocenters. The Kier molecular flexibility index (Phi) is 7.04. The molecule has 1 aliphatic heterocycles. The first-order valence-electron chi connectivity index (χ1n) is 9.29. The van der Waals surface area contributed by atoms with Crippen LogP contribution in [0.1, 0.15) is 32.3 Å². The average molecular weight is 431 g/mol. The van der Waals surface area contributed by atoms with Crippen LogP contribution in [-0.2, 0) is 24.8 Å². The van der Waals surface area contributed by atoms with E-state index in [1.165, 1.54) is 23.9 Å². The highest BCUT2D eigenvalue weighted by atomic mass is 35.5. The van der Waals surface area contributed by atoms with Gasteiger partial charge in [-0.3, -0.25) is 0 Å². The fraction of sp³-hybridized carbons (Fsp3) is 0.550. The normalized spacial score (nSPS) is 29.8. The van der Waals surface area contributed by atoms with E-state index in [1.54, 1.807) is 19.1 Å². The van der Waals surface area contributed by atoms with Crippen molar-refractivity contribution in [2.45, 2.75) is 55.7 Å². The third-order valence-corrected chi connectivity index (χ3v) is 6.48. The second kappa shape index (κ2) is 9.13. The number of halogens is 2. The van der Waals surface area contributed by atoms with Gasteiger partial charge in [0.15, 0.2) is 5.79 Å². The first-order chi connectivity index (χ1) is 13.4. The van der Waals surface area contributed by atoms with Crippen molar-refractivity contribution < 1.29 is 28.5 Å². The Labute approximate surface area is 173 Å². The van der Waals surface area contributed by atoms with E-state index in [2.05, 4.69) is 0 Å². The van der Waals surface area contributed by atoms with Crippen LogP contribution >= 0.6 is 23.4 Å². The lowest BCUT2D eigenvalue weighted by molar-refractivity contribution is -0.152.